The van der Waals surface area contributed by atoms with Crippen molar-refractivity contribution < 1.29 is 37.3 Å². The van der Waals surface area contributed by atoms with Crippen LogP contribution in [0, 0.1) is 0 Å². The van der Waals surface area contributed by atoms with E-state index in [1.165, 1.54) is 193 Å². The van der Waals surface area contributed by atoms with Gasteiger partial charge in [0.2, 0.25) is 5.91 Å². The molecule has 0 saturated carbocycles. The number of ether oxygens (including phenoxy) is 1. The first kappa shape index (κ1) is 81.2. The van der Waals surface area contributed by atoms with Crippen LogP contribution in [0.2, 0.25) is 0 Å². The van der Waals surface area contributed by atoms with Crippen molar-refractivity contribution in [2.45, 2.75) is 335 Å². The minimum Gasteiger partial charge on any atom is -0.456 e. The van der Waals surface area contributed by atoms with Gasteiger partial charge < -0.3 is 19.4 Å². The second-order valence-electron chi connectivity index (χ2n) is 25.0. The van der Waals surface area contributed by atoms with Crippen LogP contribution in [0.15, 0.2) is 85.1 Å². The van der Waals surface area contributed by atoms with Crippen LogP contribution in [0.4, 0.5) is 0 Å². The quantitative estimate of drug-likeness (QED) is 0.0205. The Morgan fingerprint density at radius 2 is 0.726 bits per heavy atom. The minimum atomic E-state index is -4.46. The van der Waals surface area contributed by atoms with Gasteiger partial charge in [0, 0.05) is 12.8 Å². The van der Waals surface area contributed by atoms with Crippen LogP contribution in [-0.4, -0.2) is 74.3 Å². The highest BCUT2D eigenvalue weighted by molar-refractivity contribution is 7.47. The number of unbranched alkanes of at least 4 members (excludes halogenated alkanes) is 36. The molecule has 2 N–H and O–H groups in total. The number of nitrogens with zero attached hydrogens (tertiary/aromatic N) is 1. The molecule has 0 radical (unpaired) electrons. The van der Waals surface area contributed by atoms with Gasteiger partial charge in [-0.05, 0) is 109 Å². The van der Waals surface area contributed by atoms with Crippen molar-refractivity contribution in [3.05, 3.63) is 85.1 Å². The number of carbonyl (C=O) groups is 2. The fourth-order valence-electron chi connectivity index (χ4n) is 10.1. The molecule has 3 unspecified atom stereocenters. The monoisotopic (exact) mass is 1200 g/mol. The van der Waals surface area contributed by atoms with Gasteiger partial charge in [-0.3, -0.25) is 18.6 Å². The minimum absolute atomic E-state index is 0.0352. The Balaban J connectivity index is 5.06. The summed E-state index contributed by atoms with van der Waals surface area (Å²) in [6.07, 6.45) is 84.5. The molecular weight excluding hydrogens is 1060 g/mol. The van der Waals surface area contributed by atoms with Gasteiger partial charge >= 0.3 is 13.8 Å². The van der Waals surface area contributed by atoms with Gasteiger partial charge in [0.05, 0.1) is 33.8 Å². The molecule has 0 aromatic heterocycles. The first-order chi connectivity index (χ1) is 40.9. The first-order valence-corrected chi connectivity index (χ1v) is 36.9. The van der Waals surface area contributed by atoms with Gasteiger partial charge in [-0.2, -0.15) is 0 Å². The molecule has 0 aliphatic rings. The Morgan fingerprint density at radius 3 is 1.11 bits per heavy atom. The van der Waals surface area contributed by atoms with Crippen molar-refractivity contribution >= 4 is 19.7 Å². The number of amides is 1. The summed E-state index contributed by atoms with van der Waals surface area (Å²) in [6.45, 7) is 6.97. The molecule has 10 heteroatoms. The summed E-state index contributed by atoms with van der Waals surface area (Å²) in [4.78, 5) is 37.9. The van der Waals surface area contributed by atoms with E-state index in [-0.39, 0.29) is 31.5 Å². The molecule has 9 nitrogen and oxygen atoms in total. The molecule has 0 aromatic rings. The van der Waals surface area contributed by atoms with E-state index < -0.39 is 20.0 Å². The topological polar surface area (TPSA) is 111 Å². The zero-order valence-electron chi connectivity index (χ0n) is 55.9. The van der Waals surface area contributed by atoms with E-state index in [1.54, 1.807) is 0 Å². The highest BCUT2D eigenvalue weighted by Gasteiger charge is 2.30. The zero-order chi connectivity index (χ0) is 61.4. The molecule has 0 fully saturated rings. The number of phosphoric ester groups is 1. The van der Waals surface area contributed by atoms with Crippen molar-refractivity contribution in [3.63, 3.8) is 0 Å². The number of phosphoric acid groups is 1. The lowest BCUT2D eigenvalue weighted by molar-refractivity contribution is -0.870. The summed E-state index contributed by atoms with van der Waals surface area (Å²) in [5, 5.41) is 3.06. The zero-order valence-corrected chi connectivity index (χ0v) is 56.8. The summed E-state index contributed by atoms with van der Waals surface area (Å²) in [6, 6.07) is -0.859. The Kier molecular flexibility index (Phi) is 61.1. The predicted molar refractivity (Wildman–Crippen MR) is 364 cm³/mol. The molecular formula is C74H136N2O7P+. The molecule has 0 aliphatic heterocycles. The summed E-state index contributed by atoms with van der Waals surface area (Å²) in [7, 11) is 1.49. The van der Waals surface area contributed by atoms with Gasteiger partial charge in [-0.1, -0.05) is 286 Å². The van der Waals surface area contributed by atoms with Gasteiger partial charge in [0.15, 0.2) is 0 Å². The lowest BCUT2D eigenvalue weighted by atomic mass is 10.0. The number of hydrogen-bond acceptors (Lipinski definition) is 6. The van der Waals surface area contributed by atoms with Crippen molar-refractivity contribution in [1.82, 2.24) is 5.32 Å². The molecule has 488 valence electrons. The molecule has 0 aromatic carbocycles. The van der Waals surface area contributed by atoms with Crippen LogP contribution in [0.1, 0.15) is 323 Å². The summed E-state index contributed by atoms with van der Waals surface area (Å²) in [5.41, 5.74) is 0. The average Bonchev–Trinajstić information content (AvgIpc) is 3.65. The number of hydrogen-bond donors (Lipinski definition) is 2. The maximum absolute atomic E-state index is 13.6. The number of carbonyl (C=O) groups excluding carboxylic acids is 2. The Labute approximate surface area is 520 Å². The SMILES string of the molecule is CCCCC/C=C\C/C=C\C/C=C\CCCCCCCCCCCCCCCCC(=O)OC(/C=C\CCCCCCCCCCCC)C(COP(=O)(O)OCC[N+](C)(C)C)NC(=O)CCCCCCCC/C=C\C/C=C\C/C=C\CCCCC. The largest absolute Gasteiger partial charge is 0.472 e. The van der Waals surface area contributed by atoms with Crippen LogP contribution in [0.5, 0.6) is 0 Å². The van der Waals surface area contributed by atoms with Gasteiger partial charge in [-0.15, -0.1) is 0 Å². The second kappa shape index (κ2) is 63.2. The van der Waals surface area contributed by atoms with Crippen molar-refractivity contribution in [2.75, 3.05) is 40.9 Å². The highest BCUT2D eigenvalue weighted by atomic mass is 31.2. The van der Waals surface area contributed by atoms with Crippen molar-refractivity contribution in [2.24, 2.45) is 0 Å². The van der Waals surface area contributed by atoms with Crippen LogP contribution < -0.4 is 5.32 Å². The van der Waals surface area contributed by atoms with Crippen LogP contribution >= 0.6 is 7.82 Å². The fourth-order valence-corrected chi connectivity index (χ4v) is 10.8. The Morgan fingerprint density at radius 1 is 0.417 bits per heavy atom. The van der Waals surface area contributed by atoms with E-state index in [9.17, 15) is 19.0 Å². The third kappa shape index (κ3) is 63.7. The van der Waals surface area contributed by atoms with Crippen molar-refractivity contribution in [3.8, 4) is 0 Å². The standard InChI is InChI=1S/C74H135N2O7P/c1-7-10-13-16-19-22-25-28-30-32-34-35-36-37-38-39-40-41-43-45-47-49-52-55-58-61-64-67-74(78)83-72(65-62-59-56-53-50-27-24-21-18-15-12-9-3)71(70-82-84(79,80)81-69-68-76(4,5)6)75-73(77)66-63-60-57-54-51-48-46-44-42-33-31-29-26-23-20-17-14-11-8-2/h19-20,22-23,28-31,34-35,42,44,62,65,71-72H,7-18,21,24-27,32-33,36-41,43,45-61,63-64,66-70H2,1-6H3,(H-,75,77,79,80)/p+1/b22-19-,23-20-,30-28-,31-29-,35-34-,44-42-,65-62-. The fraction of sp³-hybridized carbons (Fsp3) is 0.784. The maximum Gasteiger partial charge on any atom is 0.472 e. The number of allylic oxidation sites excluding steroid dienone is 13. The molecule has 0 aliphatic carbocycles. The Bertz CT molecular complexity index is 1710. The molecule has 0 heterocycles. The predicted octanol–water partition coefficient (Wildman–Crippen LogP) is 22.5. The molecule has 0 rings (SSSR count). The third-order valence-electron chi connectivity index (χ3n) is 15.6. The lowest BCUT2D eigenvalue weighted by Crippen LogP contribution is -2.47. The van der Waals surface area contributed by atoms with Gasteiger partial charge in [0.1, 0.15) is 19.3 Å². The van der Waals surface area contributed by atoms with E-state index in [0.29, 0.717) is 17.4 Å². The van der Waals surface area contributed by atoms with E-state index >= 15 is 0 Å². The van der Waals surface area contributed by atoms with E-state index in [0.717, 1.165) is 96.3 Å². The van der Waals surface area contributed by atoms with Crippen LogP contribution in [-0.2, 0) is 27.9 Å². The number of rotatable bonds is 64. The van der Waals surface area contributed by atoms with Crippen LogP contribution in [0.3, 0.4) is 0 Å². The van der Waals surface area contributed by atoms with E-state index in [4.69, 9.17) is 13.8 Å². The highest BCUT2D eigenvalue weighted by Crippen LogP contribution is 2.43. The van der Waals surface area contributed by atoms with E-state index in [2.05, 4.69) is 99.0 Å². The van der Waals surface area contributed by atoms with Gasteiger partial charge in [-0.25, -0.2) is 4.57 Å². The Hall–Kier alpha value is -2.81. The summed E-state index contributed by atoms with van der Waals surface area (Å²) < 4.78 is 30.8. The smallest absolute Gasteiger partial charge is 0.456 e. The first-order valence-electron chi connectivity index (χ1n) is 35.4. The molecule has 3 atom stereocenters. The number of esters is 1. The van der Waals surface area contributed by atoms with E-state index in [1.807, 2.05) is 33.3 Å². The summed E-state index contributed by atoms with van der Waals surface area (Å²) in [5.74, 6) is -0.514. The summed E-state index contributed by atoms with van der Waals surface area (Å²) >= 11 is 0. The normalized spacial score (nSPS) is 14.0. The number of nitrogens with one attached hydrogen (secondary N) is 1. The molecule has 1 amide bonds. The van der Waals surface area contributed by atoms with Gasteiger partial charge in [0.25, 0.3) is 0 Å². The third-order valence-corrected chi connectivity index (χ3v) is 16.5. The number of likely N-dealkylation sites (N-methyl/N-ethyl adjacent to an activating group) is 1. The molecule has 0 bridgehead atoms. The molecule has 0 spiro atoms. The second-order valence-corrected chi connectivity index (χ2v) is 26.5. The lowest BCUT2D eigenvalue weighted by Gasteiger charge is -2.27. The molecule has 0 saturated heterocycles. The van der Waals surface area contributed by atoms with Crippen molar-refractivity contribution in [1.29, 1.82) is 0 Å². The average molecular weight is 1200 g/mol. The van der Waals surface area contributed by atoms with Crippen LogP contribution in [0.25, 0.3) is 0 Å². The molecule has 84 heavy (non-hydrogen) atoms. The maximum atomic E-state index is 13.6. The number of quaternary nitrogens is 1.